The van der Waals surface area contributed by atoms with Crippen molar-refractivity contribution in [3.8, 4) is 0 Å². The van der Waals surface area contributed by atoms with E-state index in [-0.39, 0.29) is 5.82 Å². The van der Waals surface area contributed by atoms with Gasteiger partial charge in [-0.3, -0.25) is 0 Å². The van der Waals surface area contributed by atoms with Crippen LogP contribution in [0.2, 0.25) is 0 Å². The average molecular weight is 192 g/mol. The number of halogens is 1. The van der Waals surface area contributed by atoms with Crippen LogP contribution in [0.25, 0.3) is 10.9 Å². The Morgan fingerprint density at radius 2 is 2.14 bits per heavy atom. The zero-order chi connectivity index (χ0) is 10.1. The molecule has 0 atom stereocenters. The van der Waals surface area contributed by atoms with E-state index in [1.165, 1.54) is 6.07 Å². The highest BCUT2D eigenvalue weighted by Gasteiger charge is 2.04. The second kappa shape index (κ2) is 3.42. The van der Waals surface area contributed by atoms with Gasteiger partial charge in [-0.25, -0.2) is 4.39 Å². The molecule has 2 nitrogen and oxygen atoms in total. The minimum Gasteiger partial charge on any atom is -0.346 e. The van der Waals surface area contributed by atoms with E-state index in [9.17, 15) is 4.39 Å². The van der Waals surface area contributed by atoms with Crippen LogP contribution in [0.3, 0.4) is 0 Å². The number of fused-ring (bicyclic) bond motifs is 1. The molecular formula is C11H13FN2. The van der Waals surface area contributed by atoms with E-state index in [0.29, 0.717) is 0 Å². The predicted octanol–water partition coefficient (Wildman–Crippen LogP) is 2.04. The van der Waals surface area contributed by atoms with Gasteiger partial charge in [-0.15, -0.1) is 0 Å². The molecular weight excluding hydrogens is 179 g/mol. The molecule has 1 aromatic carbocycles. The van der Waals surface area contributed by atoms with Crippen molar-refractivity contribution in [3.63, 3.8) is 0 Å². The number of benzene rings is 1. The monoisotopic (exact) mass is 192 g/mol. The minimum absolute atomic E-state index is 0.181. The summed E-state index contributed by atoms with van der Waals surface area (Å²) in [6, 6.07) is 6.87. The first-order valence-corrected chi connectivity index (χ1v) is 4.61. The van der Waals surface area contributed by atoms with Crippen LogP contribution in [-0.4, -0.2) is 11.6 Å². The molecule has 1 aromatic heterocycles. The van der Waals surface area contributed by atoms with Crippen molar-refractivity contribution < 1.29 is 4.39 Å². The average Bonchev–Trinajstić information content (AvgIpc) is 2.44. The zero-order valence-electron chi connectivity index (χ0n) is 8.34. The number of aryl methyl sites for hydroxylation is 1. The van der Waals surface area contributed by atoms with Crippen LogP contribution in [-0.2, 0) is 13.6 Å². The van der Waals surface area contributed by atoms with Crippen LogP contribution in [0.4, 0.5) is 4.39 Å². The summed E-state index contributed by atoms with van der Waals surface area (Å²) in [4.78, 5) is 0. The van der Waals surface area contributed by atoms with Crippen molar-refractivity contribution in [1.29, 1.82) is 0 Å². The van der Waals surface area contributed by atoms with Crippen LogP contribution in [0, 0.1) is 5.82 Å². The summed E-state index contributed by atoms with van der Waals surface area (Å²) in [5.41, 5.74) is 2.23. The summed E-state index contributed by atoms with van der Waals surface area (Å²) in [6.45, 7) is 0.798. The fourth-order valence-corrected chi connectivity index (χ4v) is 1.73. The first-order chi connectivity index (χ1) is 6.72. The van der Waals surface area contributed by atoms with Gasteiger partial charge in [-0.1, -0.05) is 0 Å². The van der Waals surface area contributed by atoms with E-state index in [1.807, 2.05) is 26.2 Å². The molecule has 0 bridgehead atoms. The van der Waals surface area contributed by atoms with Crippen LogP contribution >= 0.6 is 0 Å². The summed E-state index contributed by atoms with van der Waals surface area (Å²) in [5.74, 6) is -0.181. The molecule has 74 valence electrons. The quantitative estimate of drug-likeness (QED) is 0.770. The molecule has 1 N–H and O–H groups in total. The van der Waals surface area contributed by atoms with Crippen molar-refractivity contribution in [1.82, 2.24) is 9.88 Å². The fraction of sp³-hybridized carbons (Fsp3) is 0.273. The third-order valence-corrected chi connectivity index (χ3v) is 2.46. The highest BCUT2D eigenvalue weighted by molar-refractivity contribution is 5.81. The Labute approximate surface area is 82.3 Å². The first-order valence-electron chi connectivity index (χ1n) is 4.61. The Balaban J connectivity index is 2.61. The molecule has 0 aliphatic rings. The van der Waals surface area contributed by atoms with Gasteiger partial charge in [0.2, 0.25) is 0 Å². The number of hydrogen-bond acceptors (Lipinski definition) is 1. The molecule has 0 saturated heterocycles. The number of aromatic nitrogens is 1. The van der Waals surface area contributed by atoms with Crippen molar-refractivity contribution >= 4 is 10.9 Å². The largest absolute Gasteiger partial charge is 0.346 e. The van der Waals surface area contributed by atoms with Crippen molar-refractivity contribution in [2.45, 2.75) is 6.54 Å². The summed E-state index contributed by atoms with van der Waals surface area (Å²) in [6.07, 6.45) is 0. The van der Waals surface area contributed by atoms with E-state index in [2.05, 4.69) is 9.88 Å². The number of nitrogens with zero attached hydrogens (tertiary/aromatic N) is 1. The smallest absolute Gasteiger partial charge is 0.123 e. The summed E-state index contributed by atoms with van der Waals surface area (Å²) in [5, 5.41) is 4.04. The Bertz CT molecular complexity index is 460. The highest BCUT2D eigenvalue weighted by atomic mass is 19.1. The Morgan fingerprint density at radius 1 is 1.36 bits per heavy atom. The van der Waals surface area contributed by atoms with Crippen molar-refractivity contribution in [2.24, 2.45) is 7.05 Å². The lowest BCUT2D eigenvalue weighted by Gasteiger charge is -2.02. The topological polar surface area (TPSA) is 17.0 Å². The maximum atomic E-state index is 12.9. The van der Waals surface area contributed by atoms with Crippen LogP contribution in [0.1, 0.15) is 5.69 Å². The molecule has 1 heterocycles. The minimum atomic E-state index is -0.181. The molecule has 0 aliphatic heterocycles. The van der Waals surface area contributed by atoms with Crippen LogP contribution in [0.15, 0.2) is 24.3 Å². The normalized spacial score (nSPS) is 11.1. The molecule has 0 amide bonds. The second-order valence-corrected chi connectivity index (χ2v) is 3.43. The SMILES string of the molecule is CNCc1cc2cc(F)ccc2n1C. The lowest BCUT2D eigenvalue weighted by Crippen LogP contribution is -2.08. The van der Waals surface area contributed by atoms with Gasteiger partial charge in [0.15, 0.2) is 0 Å². The van der Waals surface area contributed by atoms with E-state index in [1.54, 1.807) is 6.07 Å². The Morgan fingerprint density at radius 3 is 2.86 bits per heavy atom. The molecule has 0 spiro atoms. The molecule has 0 fully saturated rings. The third-order valence-electron chi connectivity index (χ3n) is 2.46. The second-order valence-electron chi connectivity index (χ2n) is 3.43. The van der Waals surface area contributed by atoms with Crippen LogP contribution in [0.5, 0.6) is 0 Å². The lowest BCUT2D eigenvalue weighted by molar-refractivity contribution is 0.629. The molecule has 2 aromatic rings. The van der Waals surface area contributed by atoms with E-state index in [0.717, 1.165) is 23.1 Å². The maximum absolute atomic E-state index is 12.9. The third kappa shape index (κ3) is 1.40. The Kier molecular flexibility index (Phi) is 2.25. The van der Waals surface area contributed by atoms with Crippen molar-refractivity contribution in [3.05, 3.63) is 35.8 Å². The number of rotatable bonds is 2. The zero-order valence-corrected chi connectivity index (χ0v) is 8.34. The standard InChI is InChI=1S/C11H13FN2/c1-13-7-10-6-8-5-9(12)3-4-11(8)14(10)2/h3-6,13H,7H2,1-2H3. The molecule has 2 rings (SSSR count). The predicted molar refractivity (Wildman–Crippen MR) is 55.6 cm³/mol. The van der Waals surface area contributed by atoms with Gasteiger partial charge in [-0.05, 0) is 31.3 Å². The van der Waals surface area contributed by atoms with Gasteiger partial charge >= 0.3 is 0 Å². The molecule has 3 heteroatoms. The van der Waals surface area contributed by atoms with Crippen molar-refractivity contribution in [2.75, 3.05) is 7.05 Å². The van der Waals surface area contributed by atoms with E-state index >= 15 is 0 Å². The van der Waals surface area contributed by atoms with Gasteiger partial charge in [0, 0.05) is 30.2 Å². The van der Waals surface area contributed by atoms with Gasteiger partial charge in [0.25, 0.3) is 0 Å². The summed E-state index contributed by atoms with van der Waals surface area (Å²) < 4.78 is 15.0. The molecule has 0 unspecified atom stereocenters. The molecule has 14 heavy (non-hydrogen) atoms. The summed E-state index contributed by atoms with van der Waals surface area (Å²) >= 11 is 0. The van der Waals surface area contributed by atoms with E-state index in [4.69, 9.17) is 0 Å². The van der Waals surface area contributed by atoms with Gasteiger partial charge in [0.05, 0.1) is 0 Å². The first kappa shape index (κ1) is 9.21. The van der Waals surface area contributed by atoms with Gasteiger partial charge in [0.1, 0.15) is 5.82 Å². The molecule has 0 aliphatic carbocycles. The van der Waals surface area contributed by atoms with Crippen LogP contribution < -0.4 is 5.32 Å². The maximum Gasteiger partial charge on any atom is 0.123 e. The lowest BCUT2D eigenvalue weighted by atomic mass is 10.2. The Hall–Kier alpha value is -1.35. The number of nitrogens with one attached hydrogen (secondary N) is 1. The van der Waals surface area contributed by atoms with E-state index < -0.39 is 0 Å². The van der Waals surface area contributed by atoms with Gasteiger partial charge < -0.3 is 9.88 Å². The van der Waals surface area contributed by atoms with Gasteiger partial charge in [-0.2, -0.15) is 0 Å². The number of hydrogen-bond donors (Lipinski definition) is 1. The molecule has 0 radical (unpaired) electrons. The summed E-state index contributed by atoms with van der Waals surface area (Å²) in [7, 11) is 3.89. The fourth-order valence-electron chi connectivity index (χ4n) is 1.73. The highest BCUT2D eigenvalue weighted by Crippen LogP contribution is 2.19. The molecule has 0 saturated carbocycles.